The van der Waals surface area contributed by atoms with E-state index < -0.39 is 0 Å². The zero-order valence-electron chi connectivity index (χ0n) is 12.7. The summed E-state index contributed by atoms with van der Waals surface area (Å²) >= 11 is 2.20. The maximum atomic E-state index is 10.3. The van der Waals surface area contributed by atoms with E-state index in [1.165, 1.54) is 33.7 Å². The molecule has 0 radical (unpaired) electrons. The van der Waals surface area contributed by atoms with Crippen molar-refractivity contribution in [3.05, 3.63) is 77.3 Å². The monoisotopic (exact) mass is 345 g/mol. The number of benzene rings is 2. The fourth-order valence-electron chi connectivity index (χ4n) is 1.50. The van der Waals surface area contributed by atoms with Gasteiger partial charge in [-0.15, -0.1) is 11.5 Å². The predicted molar refractivity (Wildman–Crippen MR) is 86.8 cm³/mol. The standard InChI is InChI=1S/2C6H6O.C6H8P.Ti/c2*7-6-4-2-1-3-5-6;1-5-3-6(2)7-4-5;/h2*1-5,7H;4,7H,1-2H3;/q;;;+2/p-2. The molecule has 0 fully saturated rings. The summed E-state index contributed by atoms with van der Waals surface area (Å²) in [7, 11) is 0.961. The van der Waals surface area contributed by atoms with Crippen molar-refractivity contribution in [2.75, 3.05) is 0 Å². The molecule has 0 N–H and O–H groups in total. The Balaban J connectivity index is 0.000000166. The zero-order chi connectivity index (χ0) is 16.4. The number of aryl methyl sites for hydroxylation is 2. The quantitative estimate of drug-likeness (QED) is 0.588. The van der Waals surface area contributed by atoms with E-state index >= 15 is 0 Å². The molecule has 2 nitrogen and oxygen atoms in total. The van der Waals surface area contributed by atoms with E-state index in [0.717, 1.165) is 8.19 Å². The van der Waals surface area contributed by atoms with Crippen LogP contribution in [0.3, 0.4) is 0 Å². The van der Waals surface area contributed by atoms with E-state index in [9.17, 15) is 10.2 Å². The maximum Gasteiger partial charge on any atom is -0.0623 e. The second kappa shape index (κ2) is 10.3. The molecule has 0 aliphatic rings. The van der Waals surface area contributed by atoms with Crippen LogP contribution < -0.4 is 14.1 Å². The van der Waals surface area contributed by atoms with Gasteiger partial charge in [0.2, 0.25) is 0 Å². The normalized spacial score (nSPS) is 9.45. The molecule has 4 heteroatoms. The molecule has 3 rings (SSSR count). The van der Waals surface area contributed by atoms with Crippen LogP contribution in [0.2, 0.25) is 0 Å². The van der Waals surface area contributed by atoms with Gasteiger partial charge in [-0.3, -0.25) is 0 Å². The Labute approximate surface area is 145 Å². The molecule has 0 bridgehead atoms. The molecule has 1 aromatic heterocycles. The summed E-state index contributed by atoms with van der Waals surface area (Å²) in [5.41, 5.74) is 1.47. The topological polar surface area (TPSA) is 46.1 Å². The van der Waals surface area contributed by atoms with Crippen LogP contribution in [0.15, 0.2) is 66.5 Å². The predicted octanol–water partition coefficient (Wildman–Crippen LogP) is 3.03. The fraction of sp³-hybridized carbons (Fsp3) is 0.111. The molecule has 0 saturated heterocycles. The summed E-state index contributed by atoms with van der Waals surface area (Å²) in [5.74, 6) is 2.45. The van der Waals surface area contributed by atoms with E-state index in [0.29, 0.717) is 0 Å². The van der Waals surface area contributed by atoms with Gasteiger partial charge in [-0.25, -0.2) is 0 Å². The fourth-order valence-corrected chi connectivity index (χ4v) is 3.09. The Morgan fingerprint density at radius 1 is 0.773 bits per heavy atom. The molecule has 3 aromatic rings. The molecule has 111 valence electrons. The van der Waals surface area contributed by atoms with Crippen LogP contribution in [0, 0.1) is 13.8 Å². The molecule has 0 spiro atoms. The first kappa shape index (κ1) is 18.6. The van der Waals surface area contributed by atoms with Crippen molar-refractivity contribution in [2.24, 2.45) is 0 Å². The minimum Gasteiger partial charge on any atom is -0.872 e. The van der Waals surface area contributed by atoms with Gasteiger partial charge in [0.25, 0.3) is 0 Å². The second-order valence-corrected chi connectivity index (χ2v) is 6.71. The Morgan fingerprint density at radius 3 is 1.32 bits per heavy atom. The summed E-state index contributed by atoms with van der Waals surface area (Å²) < 4.78 is 1.50. The smallest absolute Gasteiger partial charge is 0.0623 e. The zero-order valence-corrected chi connectivity index (χ0v) is 15.2. The molecule has 0 saturated carbocycles. The largest absolute Gasteiger partial charge is 0.872 e. The van der Waals surface area contributed by atoms with Crippen molar-refractivity contribution in [3.63, 3.8) is 0 Å². The molecular formula is C18H18O2PTi. The second-order valence-electron chi connectivity index (χ2n) is 4.60. The summed E-state index contributed by atoms with van der Waals surface area (Å²) in [6.07, 6.45) is 0. The molecule has 22 heavy (non-hydrogen) atoms. The molecular weight excluding hydrogens is 327 g/mol. The molecule has 2 aromatic carbocycles. The average Bonchev–Trinajstić information content (AvgIpc) is 2.81. The minimum absolute atomic E-state index is 0.0718. The Hall–Kier alpha value is -1.47. The van der Waals surface area contributed by atoms with Crippen LogP contribution in [-0.4, -0.2) is 0 Å². The van der Waals surface area contributed by atoms with E-state index in [4.69, 9.17) is 0 Å². The van der Waals surface area contributed by atoms with E-state index in [-0.39, 0.29) is 11.5 Å². The van der Waals surface area contributed by atoms with Crippen molar-refractivity contribution in [1.82, 2.24) is 0 Å². The van der Waals surface area contributed by atoms with Crippen LogP contribution in [-0.2, 0) is 20.4 Å². The van der Waals surface area contributed by atoms with Gasteiger partial charge in [-0.1, -0.05) is 60.7 Å². The molecule has 0 aliphatic carbocycles. The number of hydrogen-bond donors (Lipinski definition) is 0. The molecule has 0 aliphatic heterocycles. The third-order valence-electron chi connectivity index (χ3n) is 2.76. The van der Waals surface area contributed by atoms with E-state index in [1.807, 2.05) is 12.1 Å². The number of hydrogen-bond acceptors (Lipinski definition) is 2. The third-order valence-corrected chi connectivity index (χ3v) is 5.61. The number of rotatable bonds is 0. The summed E-state index contributed by atoms with van der Waals surface area (Å²) in [5, 5.41) is 22.1. The van der Waals surface area contributed by atoms with Gasteiger partial charge in [0, 0.05) is 0 Å². The van der Waals surface area contributed by atoms with Gasteiger partial charge < -0.3 is 10.2 Å². The first-order valence-corrected chi connectivity index (χ1v) is 8.67. The molecule has 1 atom stereocenters. The minimum atomic E-state index is 0.0718. The third kappa shape index (κ3) is 7.52. The van der Waals surface area contributed by atoms with Gasteiger partial charge >= 0.3 is 63.0 Å². The van der Waals surface area contributed by atoms with E-state index in [2.05, 4.69) is 40.1 Å². The average molecular weight is 345 g/mol. The molecule has 1 unspecified atom stereocenters. The van der Waals surface area contributed by atoms with Gasteiger partial charge in [0.05, 0.1) is 0 Å². The first-order chi connectivity index (χ1) is 10.5. The van der Waals surface area contributed by atoms with Gasteiger partial charge in [0.15, 0.2) is 0 Å². The van der Waals surface area contributed by atoms with E-state index in [1.54, 1.807) is 29.6 Å². The van der Waals surface area contributed by atoms with Crippen LogP contribution in [0.4, 0.5) is 0 Å². The summed E-state index contributed by atoms with van der Waals surface area (Å²) in [6.45, 7) is 4.39. The first-order valence-electron chi connectivity index (χ1n) is 6.81. The Kier molecular flexibility index (Phi) is 8.69. The molecule has 0 amide bonds. The number of para-hydroxylation sites is 2. The maximum absolute atomic E-state index is 10.3. The van der Waals surface area contributed by atoms with Crippen LogP contribution in [0.25, 0.3) is 0 Å². The summed E-state index contributed by atoms with van der Waals surface area (Å²) in [6, 6.07) is 16.7. The van der Waals surface area contributed by atoms with Crippen molar-refractivity contribution >= 4 is 12.1 Å². The van der Waals surface area contributed by atoms with Crippen LogP contribution in [0.1, 0.15) is 10.9 Å². The SMILES string of the molecule is Cc1c[pH]c(C)[c]1[Ti+2].[O-]c1ccccc1.[O-]c1ccccc1. The Morgan fingerprint density at radius 2 is 1.18 bits per heavy atom. The van der Waals surface area contributed by atoms with Crippen molar-refractivity contribution in [3.8, 4) is 11.5 Å². The van der Waals surface area contributed by atoms with Gasteiger partial charge in [0.1, 0.15) is 0 Å². The summed E-state index contributed by atoms with van der Waals surface area (Å²) in [4.78, 5) is 0. The molecule has 1 heterocycles. The van der Waals surface area contributed by atoms with Crippen molar-refractivity contribution in [1.29, 1.82) is 0 Å². The van der Waals surface area contributed by atoms with Crippen molar-refractivity contribution in [2.45, 2.75) is 13.8 Å². The van der Waals surface area contributed by atoms with Crippen molar-refractivity contribution < 1.29 is 30.6 Å². The Bertz CT molecular complexity index is 594. The van der Waals surface area contributed by atoms with Gasteiger partial charge in [-0.2, -0.15) is 0 Å². The van der Waals surface area contributed by atoms with Crippen LogP contribution >= 0.6 is 8.19 Å². The van der Waals surface area contributed by atoms with Crippen LogP contribution in [0.5, 0.6) is 11.5 Å². The van der Waals surface area contributed by atoms with Gasteiger partial charge in [-0.05, 0) is 0 Å².